The van der Waals surface area contributed by atoms with Gasteiger partial charge in [0, 0.05) is 29.7 Å². The van der Waals surface area contributed by atoms with Gasteiger partial charge in [0.1, 0.15) is 5.75 Å². The lowest BCUT2D eigenvalue weighted by Crippen LogP contribution is -2.19. The number of non-ortho nitro benzene ring substituents is 1. The predicted octanol–water partition coefficient (Wildman–Crippen LogP) is 4.68. The van der Waals surface area contributed by atoms with E-state index in [1.807, 2.05) is 54.1 Å². The lowest BCUT2D eigenvalue weighted by Gasteiger charge is -2.06. The number of carbonyl (C=O) groups is 1. The van der Waals surface area contributed by atoms with Crippen molar-refractivity contribution >= 4 is 40.3 Å². The van der Waals surface area contributed by atoms with Gasteiger partial charge in [-0.25, -0.2) is 4.99 Å². The molecule has 1 N–H and O–H groups in total. The van der Waals surface area contributed by atoms with Crippen molar-refractivity contribution in [1.82, 2.24) is 9.88 Å². The monoisotopic (exact) mass is 434 g/mol. The molecule has 0 atom stereocenters. The van der Waals surface area contributed by atoms with E-state index in [9.17, 15) is 14.9 Å². The van der Waals surface area contributed by atoms with Crippen molar-refractivity contribution in [2.24, 2.45) is 4.99 Å². The molecule has 0 radical (unpaired) electrons. The number of amides is 1. The summed E-state index contributed by atoms with van der Waals surface area (Å²) in [7, 11) is 0. The van der Waals surface area contributed by atoms with Crippen molar-refractivity contribution in [3.63, 3.8) is 0 Å². The highest BCUT2D eigenvalue weighted by molar-refractivity contribution is 8.18. The van der Waals surface area contributed by atoms with Crippen molar-refractivity contribution < 1.29 is 14.5 Å². The summed E-state index contributed by atoms with van der Waals surface area (Å²) >= 11 is 1.25. The maximum atomic E-state index is 12.4. The molecule has 0 saturated carbocycles. The Morgan fingerprint density at radius 2 is 1.90 bits per heavy atom. The summed E-state index contributed by atoms with van der Waals surface area (Å²) < 4.78 is 7.27. The van der Waals surface area contributed by atoms with Gasteiger partial charge >= 0.3 is 0 Å². The average Bonchev–Trinajstić information content (AvgIpc) is 3.36. The number of nitrogens with one attached hydrogen (secondary N) is 1. The number of ether oxygens (including phenoxy) is 1. The number of benzene rings is 2. The number of nitro benzene ring substituents is 1. The lowest BCUT2D eigenvalue weighted by atomic mass is 10.2. The van der Waals surface area contributed by atoms with Crippen LogP contribution in [-0.4, -0.2) is 27.2 Å². The van der Waals surface area contributed by atoms with Crippen molar-refractivity contribution in [2.75, 3.05) is 6.61 Å². The summed E-state index contributed by atoms with van der Waals surface area (Å²) in [6.45, 7) is 2.51. The zero-order valence-corrected chi connectivity index (χ0v) is 17.3. The Labute approximate surface area is 182 Å². The number of nitrogens with zero attached hydrogens (tertiary/aromatic N) is 3. The number of amidine groups is 1. The number of rotatable bonds is 6. The first-order chi connectivity index (χ1) is 15.0. The first-order valence-corrected chi connectivity index (χ1v) is 10.3. The quantitative estimate of drug-likeness (QED) is 0.345. The number of hydrogen-bond acceptors (Lipinski definition) is 6. The summed E-state index contributed by atoms with van der Waals surface area (Å²) in [4.78, 5) is 27.8. The third-order valence-corrected chi connectivity index (χ3v) is 5.34. The standard InChI is InChI=1S/C22H18N4O4S/c1-2-30-19-11-5-15(6-12-19)23-22-24-21(27)20(31-22)14-18-4-3-13-25(18)16-7-9-17(10-8-16)26(28)29/h3-14H,2H2,1H3,(H,23,24,27)/b20-14+. The van der Waals surface area contributed by atoms with Crippen LogP contribution in [0.25, 0.3) is 11.8 Å². The normalized spacial score (nSPS) is 16.0. The van der Waals surface area contributed by atoms with Crippen LogP contribution in [0.1, 0.15) is 12.6 Å². The van der Waals surface area contributed by atoms with Gasteiger partial charge < -0.3 is 14.6 Å². The van der Waals surface area contributed by atoms with Crippen LogP contribution >= 0.6 is 11.8 Å². The van der Waals surface area contributed by atoms with Crippen LogP contribution in [0.3, 0.4) is 0 Å². The van der Waals surface area contributed by atoms with E-state index in [1.165, 1.54) is 23.9 Å². The molecule has 0 bridgehead atoms. The van der Waals surface area contributed by atoms with Crippen LogP contribution in [0.15, 0.2) is 76.8 Å². The fraction of sp³-hybridized carbons (Fsp3) is 0.0909. The topological polar surface area (TPSA) is 98.8 Å². The largest absolute Gasteiger partial charge is 0.494 e. The number of carbonyl (C=O) groups excluding carboxylic acids is 1. The van der Waals surface area contributed by atoms with Gasteiger partial charge in [0.05, 0.1) is 22.1 Å². The van der Waals surface area contributed by atoms with Crippen molar-refractivity contribution in [1.29, 1.82) is 0 Å². The number of nitro groups is 1. The first-order valence-electron chi connectivity index (χ1n) is 9.48. The van der Waals surface area contributed by atoms with Gasteiger partial charge in [-0.3, -0.25) is 14.9 Å². The zero-order chi connectivity index (χ0) is 21.8. The van der Waals surface area contributed by atoms with Crippen molar-refractivity contribution in [3.05, 3.63) is 87.6 Å². The van der Waals surface area contributed by atoms with Gasteiger partial charge in [-0.2, -0.15) is 0 Å². The van der Waals surface area contributed by atoms with E-state index < -0.39 is 4.92 Å². The molecular weight excluding hydrogens is 416 g/mol. The zero-order valence-electron chi connectivity index (χ0n) is 16.5. The van der Waals surface area contributed by atoms with Crippen molar-refractivity contribution in [3.8, 4) is 11.4 Å². The number of thioether (sulfide) groups is 1. The van der Waals surface area contributed by atoms with Gasteiger partial charge in [0.15, 0.2) is 5.17 Å². The van der Waals surface area contributed by atoms with Gasteiger partial charge in [-0.15, -0.1) is 0 Å². The Bertz CT molecular complexity index is 1180. The summed E-state index contributed by atoms with van der Waals surface area (Å²) in [5.41, 5.74) is 2.27. The molecule has 156 valence electrons. The summed E-state index contributed by atoms with van der Waals surface area (Å²) in [6.07, 6.45) is 3.60. The van der Waals surface area contributed by atoms with Crippen LogP contribution < -0.4 is 10.1 Å². The number of aromatic nitrogens is 1. The Kier molecular flexibility index (Phi) is 5.85. The maximum absolute atomic E-state index is 12.4. The van der Waals surface area contributed by atoms with Crippen LogP contribution in [-0.2, 0) is 4.79 Å². The van der Waals surface area contributed by atoms with Crippen molar-refractivity contribution in [2.45, 2.75) is 6.92 Å². The molecule has 0 spiro atoms. The minimum absolute atomic E-state index is 0.0247. The molecule has 8 nitrogen and oxygen atoms in total. The SMILES string of the molecule is CCOc1ccc(N=C2NC(=O)/C(=C\c3cccn3-c3ccc([N+](=O)[O-])cc3)S2)cc1. The maximum Gasteiger partial charge on any atom is 0.269 e. The highest BCUT2D eigenvalue weighted by Crippen LogP contribution is 2.29. The first kappa shape index (κ1) is 20.4. The molecule has 2 aromatic carbocycles. The van der Waals surface area contributed by atoms with Crippen LogP contribution in [0.4, 0.5) is 11.4 Å². The molecule has 1 saturated heterocycles. The summed E-state index contributed by atoms with van der Waals surface area (Å²) in [5.74, 6) is 0.535. The second kappa shape index (κ2) is 8.88. The average molecular weight is 434 g/mol. The predicted molar refractivity (Wildman–Crippen MR) is 121 cm³/mol. The second-order valence-corrected chi connectivity index (χ2v) is 7.52. The number of aliphatic imine (C=N–C) groups is 1. The molecule has 1 aromatic heterocycles. The lowest BCUT2D eigenvalue weighted by molar-refractivity contribution is -0.384. The molecule has 1 aliphatic heterocycles. The van der Waals surface area contributed by atoms with Crippen LogP contribution in [0, 0.1) is 10.1 Å². The highest BCUT2D eigenvalue weighted by Gasteiger charge is 2.24. The molecule has 4 rings (SSSR count). The van der Waals surface area contributed by atoms with Gasteiger partial charge in [0.2, 0.25) is 0 Å². The molecule has 0 unspecified atom stereocenters. The molecular formula is C22H18N4O4S. The fourth-order valence-corrected chi connectivity index (χ4v) is 3.82. The van der Waals surface area contributed by atoms with E-state index in [-0.39, 0.29) is 11.6 Å². The number of hydrogen-bond donors (Lipinski definition) is 1. The van der Waals surface area contributed by atoms with Crippen LogP contribution in [0.2, 0.25) is 0 Å². The summed E-state index contributed by atoms with van der Waals surface area (Å²) in [6, 6.07) is 17.3. The van der Waals surface area contributed by atoms with E-state index in [1.54, 1.807) is 18.2 Å². The molecule has 9 heteroatoms. The molecule has 3 aromatic rings. The Balaban J connectivity index is 1.54. The third-order valence-electron chi connectivity index (χ3n) is 4.43. The Morgan fingerprint density at radius 3 is 2.58 bits per heavy atom. The molecule has 1 amide bonds. The van der Waals surface area contributed by atoms with E-state index in [2.05, 4.69) is 10.3 Å². The van der Waals surface area contributed by atoms with Gasteiger partial charge in [-0.1, -0.05) is 0 Å². The van der Waals surface area contributed by atoms with E-state index in [0.29, 0.717) is 22.4 Å². The minimum atomic E-state index is -0.437. The molecule has 0 aliphatic carbocycles. The van der Waals surface area contributed by atoms with E-state index >= 15 is 0 Å². The third kappa shape index (κ3) is 4.67. The van der Waals surface area contributed by atoms with Gasteiger partial charge in [-0.05, 0) is 73.3 Å². The smallest absolute Gasteiger partial charge is 0.269 e. The molecule has 1 fully saturated rings. The Hall–Kier alpha value is -3.85. The fourth-order valence-electron chi connectivity index (χ4n) is 3.00. The van der Waals surface area contributed by atoms with Crippen LogP contribution in [0.5, 0.6) is 5.75 Å². The highest BCUT2D eigenvalue weighted by atomic mass is 32.2. The second-order valence-electron chi connectivity index (χ2n) is 6.49. The summed E-state index contributed by atoms with van der Waals surface area (Å²) in [5, 5.41) is 14.1. The van der Waals surface area contributed by atoms with E-state index in [4.69, 9.17) is 4.74 Å². The van der Waals surface area contributed by atoms with E-state index in [0.717, 1.165) is 17.1 Å². The van der Waals surface area contributed by atoms with Gasteiger partial charge in [0.25, 0.3) is 11.6 Å². The molecule has 31 heavy (non-hydrogen) atoms. The molecule has 2 heterocycles. The minimum Gasteiger partial charge on any atom is -0.494 e. The Morgan fingerprint density at radius 1 is 1.16 bits per heavy atom. The molecule has 1 aliphatic rings.